The first-order valence-electron chi connectivity index (χ1n) is 14.8. The number of ether oxygens (including phenoxy) is 1. The second-order valence-electron chi connectivity index (χ2n) is 12.7. The standard InChI is InChI=1S/C33H38FN5O4/c1-20-6-7-23(17-24(20)34)38-19-33(10-14-43-15-11-33)29-26(38)9-8-25(36-29)30(40)39-13-12-37(18-32(39,4)5)27-16-21(2)28(31(41)42)22(3)35-27/h6-9,16-17H,10-15,18-19H2,1-5H3,(H,41,42). The Labute approximate surface area is 251 Å². The van der Waals surface area contributed by atoms with Gasteiger partial charge in [0, 0.05) is 50.5 Å². The average molecular weight is 588 g/mol. The minimum Gasteiger partial charge on any atom is -0.478 e. The fourth-order valence-corrected chi connectivity index (χ4v) is 6.94. The molecule has 10 heteroatoms. The molecular weight excluding hydrogens is 549 g/mol. The molecule has 0 saturated carbocycles. The molecular formula is C33H38FN5O4. The zero-order chi connectivity index (χ0) is 30.7. The maximum atomic E-state index is 14.6. The van der Waals surface area contributed by atoms with E-state index in [0.717, 1.165) is 29.9 Å². The number of amides is 1. The molecule has 1 aromatic carbocycles. The molecule has 3 aromatic rings. The molecule has 0 unspecified atom stereocenters. The number of halogens is 1. The van der Waals surface area contributed by atoms with Crippen molar-refractivity contribution in [3.05, 3.63) is 76.0 Å². The molecule has 1 spiro atoms. The Morgan fingerprint density at radius 1 is 0.953 bits per heavy atom. The van der Waals surface area contributed by atoms with E-state index >= 15 is 0 Å². The van der Waals surface area contributed by atoms with Gasteiger partial charge in [-0.2, -0.15) is 0 Å². The second kappa shape index (κ2) is 10.6. The first-order valence-corrected chi connectivity index (χ1v) is 14.8. The van der Waals surface area contributed by atoms with Gasteiger partial charge in [0.1, 0.15) is 17.3 Å². The second-order valence-corrected chi connectivity index (χ2v) is 12.7. The van der Waals surface area contributed by atoms with Crippen molar-refractivity contribution < 1.29 is 23.8 Å². The summed E-state index contributed by atoms with van der Waals surface area (Å²) < 4.78 is 20.3. The molecule has 3 aliphatic heterocycles. The van der Waals surface area contributed by atoms with E-state index in [2.05, 4.69) is 14.8 Å². The number of carboxylic acid groups (broad SMARTS) is 1. The Morgan fingerprint density at radius 2 is 1.70 bits per heavy atom. The van der Waals surface area contributed by atoms with Gasteiger partial charge in [0.2, 0.25) is 0 Å². The summed E-state index contributed by atoms with van der Waals surface area (Å²) in [6, 6.07) is 10.9. The van der Waals surface area contributed by atoms with Crippen LogP contribution in [0.25, 0.3) is 0 Å². The lowest BCUT2D eigenvalue weighted by atomic mass is 9.78. The van der Waals surface area contributed by atoms with E-state index < -0.39 is 11.5 Å². The van der Waals surface area contributed by atoms with Crippen molar-refractivity contribution in [2.24, 2.45) is 0 Å². The zero-order valence-electron chi connectivity index (χ0n) is 25.4. The Bertz CT molecular complexity index is 1590. The third-order valence-corrected chi connectivity index (χ3v) is 9.33. The molecule has 6 rings (SSSR count). The highest BCUT2D eigenvalue weighted by atomic mass is 19.1. The predicted octanol–water partition coefficient (Wildman–Crippen LogP) is 5.18. The summed E-state index contributed by atoms with van der Waals surface area (Å²) in [5.74, 6) is -0.643. The number of carbonyl (C=O) groups is 2. The van der Waals surface area contributed by atoms with Gasteiger partial charge in [-0.25, -0.2) is 19.2 Å². The quantitative estimate of drug-likeness (QED) is 0.446. The Morgan fingerprint density at radius 3 is 2.35 bits per heavy atom. The lowest BCUT2D eigenvalue weighted by molar-refractivity contribution is 0.0499. The van der Waals surface area contributed by atoms with Crippen molar-refractivity contribution in [2.75, 3.05) is 49.2 Å². The molecule has 0 bridgehead atoms. The number of hydrogen-bond donors (Lipinski definition) is 1. The van der Waals surface area contributed by atoms with Crippen LogP contribution >= 0.6 is 0 Å². The third kappa shape index (κ3) is 5.01. The maximum absolute atomic E-state index is 14.6. The van der Waals surface area contributed by atoms with Crippen LogP contribution in [-0.4, -0.2) is 76.8 Å². The molecule has 5 heterocycles. The number of rotatable bonds is 4. The van der Waals surface area contributed by atoms with Crippen LogP contribution in [0.5, 0.6) is 0 Å². The summed E-state index contributed by atoms with van der Waals surface area (Å²) in [6.45, 7) is 12.8. The van der Waals surface area contributed by atoms with Gasteiger partial charge in [-0.05, 0) is 88.9 Å². The monoisotopic (exact) mass is 587 g/mol. The molecule has 9 nitrogen and oxygen atoms in total. The highest BCUT2D eigenvalue weighted by molar-refractivity contribution is 5.94. The summed E-state index contributed by atoms with van der Waals surface area (Å²) in [5, 5.41) is 9.54. The summed E-state index contributed by atoms with van der Waals surface area (Å²) in [7, 11) is 0. The molecule has 0 radical (unpaired) electrons. The van der Waals surface area contributed by atoms with Crippen LogP contribution in [-0.2, 0) is 10.2 Å². The number of aromatic carboxylic acids is 1. The molecule has 0 aliphatic carbocycles. The summed E-state index contributed by atoms with van der Waals surface area (Å²) in [5.41, 5.74) is 4.14. The number of anilines is 3. The van der Waals surface area contributed by atoms with Gasteiger partial charge in [-0.15, -0.1) is 0 Å². The minimum atomic E-state index is -0.983. The van der Waals surface area contributed by atoms with Crippen LogP contribution in [0.1, 0.15) is 70.1 Å². The van der Waals surface area contributed by atoms with E-state index in [0.29, 0.717) is 67.7 Å². The van der Waals surface area contributed by atoms with Gasteiger partial charge in [-0.1, -0.05) is 6.07 Å². The van der Waals surface area contributed by atoms with Crippen molar-refractivity contribution in [2.45, 2.75) is 58.4 Å². The highest BCUT2D eigenvalue weighted by Gasteiger charge is 2.47. The molecule has 43 heavy (non-hydrogen) atoms. The van der Waals surface area contributed by atoms with Gasteiger partial charge >= 0.3 is 5.97 Å². The molecule has 2 aromatic heterocycles. The molecule has 0 atom stereocenters. The number of fused-ring (bicyclic) bond motifs is 2. The number of benzene rings is 1. The SMILES string of the molecule is Cc1ccc(N2CC3(CCOCC3)c3nc(C(=O)N4CCN(c5cc(C)c(C(=O)O)c(C)n5)CC4(C)C)ccc32)cc1F. The lowest BCUT2D eigenvalue weighted by Crippen LogP contribution is -2.61. The molecule has 226 valence electrons. The Kier molecular flexibility index (Phi) is 7.15. The Balaban J connectivity index is 1.29. The van der Waals surface area contributed by atoms with Crippen molar-refractivity contribution >= 4 is 29.1 Å². The van der Waals surface area contributed by atoms with E-state index in [1.807, 2.05) is 36.9 Å². The van der Waals surface area contributed by atoms with Crippen molar-refractivity contribution in [1.29, 1.82) is 0 Å². The van der Waals surface area contributed by atoms with E-state index in [1.165, 1.54) is 0 Å². The molecule has 3 aliphatic rings. The summed E-state index contributed by atoms with van der Waals surface area (Å²) >= 11 is 0. The van der Waals surface area contributed by atoms with Gasteiger partial charge in [0.15, 0.2) is 0 Å². The number of aryl methyl sites for hydroxylation is 3. The smallest absolute Gasteiger partial charge is 0.337 e. The number of hydrogen-bond acceptors (Lipinski definition) is 7. The molecule has 2 fully saturated rings. The van der Waals surface area contributed by atoms with Crippen LogP contribution in [0.2, 0.25) is 0 Å². The topological polar surface area (TPSA) is 99.1 Å². The average Bonchev–Trinajstić information content (AvgIpc) is 3.26. The molecule has 1 N–H and O–H groups in total. The summed E-state index contributed by atoms with van der Waals surface area (Å²) in [6.07, 6.45) is 1.57. The number of aromatic nitrogens is 2. The minimum absolute atomic E-state index is 0.129. The largest absolute Gasteiger partial charge is 0.478 e. The van der Waals surface area contributed by atoms with Crippen molar-refractivity contribution in [1.82, 2.24) is 14.9 Å². The number of nitrogens with zero attached hydrogens (tertiary/aromatic N) is 5. The van der Waals surface area contributed by atoms with Gasteiger partial charge in [-0.3, -0.25) is 4.79 Å². The fourth-order valence-electron chi connectivity index (χ4n) is 6.94. The fraction of sp³-hybridized carbons (Fsp3) is 0.455. The van der Waals surface area contributed by atoms with Crippen LogP contribution in [0.4, 0.5) is 21.6 Å². The van der Waals surface area contributed by atoms with Crippen LogP contribution in [0.3, 0.4) is 0 Å². The number of pyridine rings is 2. The van der Waals surface area contributed by atoms with Gasteiger partial charge < -0.3 is 24.5 Å². The Hall–Kier alpha value is -4.05. The van der Waals surface area contributed by atoms with E-state index in [1.54, 1.807) is 39.0 Å². The number of carbonyl (C=O) groups excluding carboxylic acids is 1. The number of carboxylic acids is 1. The first kappa shape index (κ1) is 29.0. The van der Waals surface area contributed by atoms with Gasteiger partial charge in [0.05, 0.1) is 28.2 Å². The van der Waals surface area contributed by atoms with Crippen LogP contribution in [0.15, 0.2) is 36.4 Å². The third-order valence-electron chi connectivity index (χ3n) is 9.33. The first-order chi connectivity index (χ1) is 20.4. The summed E-state index contributed by atoms with van der Waals surface area (Å²) in [4.78, 5) is 41.5. The van der Waals surface area contributed by atoms with E-state index in [4.69, 9.17) is 9.72 Å². The van der Waals surface area contributed by atoms with Crippen LogP contribution < -0.4 is 9.80 Å². The number of piperazine rings is 1. The molecule has 1 amide bonds. The lowest BCUT2D eigenvalue weighted by Gasteiger charge is -2.47. The van der Waals surface area contributed by atoms with Gasteiger partial charge in [0.25, 0.3) is 5.91 Å². The maximum Gasteiger partial charge on any atom is 0.337 e. The predicted molar refractivity (Wildman–Crippen MR) is 162 cm³/mol. The highest BCUT2D eigenvalue weighted by Crippen LogP contribution is 2.48. The zero-order valence-corrected chi connectivity index (χ0v) is 25.4. The van der Waals surface area contributed by atoms with Crippen LogP contribution in [0, 0.1) is 26.6 Å². The van der Waals surface area contributed by atoms with Crippen molar-refractivity contribution in [3.8, 4) is 0 Å². The molecule has 2 saturated heterocycles. The van der Waals surface area contributed by atoms with Crippen molar-refractivity contribution in [3.63, 3.8) is 0 Å². The van der Waals surface area contributed by atoms with E-state index in [9.17, 15) is 19.1 Å². The normalized spacial score (nSPS) is 19.1. The van der Waals surface area contributed by atoms with E-state index in [-0.39, 0.29) is 22.7 Å².